The van der Waals surface area contributed by atoms with E-state index >= 15 is 0 Å². The van der Waals surface area contributed by atoms with Crippen molar-refractivity contribution >= 4 is 23.7 Å². The molecule has 0 atom stereocenters. The van der Waals surface area contributed by atoms with Gasteiger partial charge in [-0.25, -0.2) is 0 Å². The van der Waals surface area contributed by atoms with Gasteiger partial charge in [-0.05, 0) is 23.4 Å². The molecule has 0 spiro atoms. The summed E-state index contributed by atoms with van der Waals surface area (Å²) in [5, 5.41) is 6.08. The van der Waals surface area contributed by atoms with Gasteiger partial charge in [0.05, 0.1) is 13.1 Å². The van der Waals surface area contributed by atoms with E-state index in [1.807, 2.05) is 11.3 Å². The van der Waals surface area contributed by atoms with Crippen LogP contribution in [-0.2, 0) is 26.1 Å². The van der Waals surface area contributed by atoms with E-state index in [4.69, 9.17) is 10.3 Å². The molecule has 0 unspecified atom stereocenters. The molecule has 0 radical (unpaired) electrons. The van der Waals surface area contributed by atoms with Gasteiger partial charge in [-0.1, -0.05) is 5.16 Å². The van der Waals surface area contributed by atoms with Gasteiger partial charge in [0.2, 0.25) is 5.89 Å². The second kappa shape index (κ2) is 5.79. The first-order valence-electron chi connectivity index (χ1n) is 5.64. The molecule has 2 aromatic rings. The number of rotatable bonds is 3. The van der Waals surface area contributed by atoms with Crippen molar-refractivity contribution < 1.29 is 4.52 Å². The summed E-state index contributed by atoms with van der Waals surface area (Å²) >= 11 is 1.85. The number of halogens is 1. The van der Waals surface area contributed by atoms with E-state index in [0.717, 1.165) is 31.9 Å². The summed E-state index contributed by atoms with van der Waals surface area (Å²) in [6.07, 6.45) is 1.12. The van der Waals surface area contributed by atoms with E-state index in [1.165, 1.54) is 10.4 Å². The van der Waals surface area contributed by atoms with Crippen LogP contribution in [0.1, 0.15) is 22.2 Å². The zero-order valence-electron chi connectivity index (χ0n) is 9.83. The summed E-state index contributed by atoms with van der Waals surface area (Å²) in [6, 6.07) is 2.20. The molecule has 3 heterocycles. The average molecular weight is 287 g/mol. The monoisotopic (exact) mass is 286 g/mol. The molecule has 0 fully saturated rings. The molecule has 5 nitrogen and oxygen atoms in total. The third-order valence-electron chi connectivity index (χ3n) is 2.94. The summed E-state index contributed by atoms with van der Waals surface area (Å²) in [7, 11) is 0. The molecule has 3 rings (SSSR count). The lowest BCUT2D eigenvalue weighted by Crippen LogP contribution is -2.29. The lowest BCUT2D eigenvalue weighted by molar-refractivity contribution is 0.237. The molecular weight excluding hydrogens is 272 g/mol. The summed E-state index contributed by atoms with van der Waals surface area (Å²) < 4.78 is 5.00. The maximum Gasteiger partial charge on any atom is 0.240 e. The predicted octanol–water partition coefficient (Wildman–Crippen LogP) is 1.57. The fraction of sp³-hybridized carbons (Fsp3) is 0.455. The van der Waals surface area contributed by atoms with Crippen molar-refractivity contribution in [2.45, 2.75) is 26.1 Å². The van der Waals surface area contributed by atoms with Crippen molar-refractivity contribution in [2.24, 2.45) is 5.73 Å². The Morgan fingerprint density at radius 2 is 2.39 bits per heavy atom. The van der Waals surface area contributed by atoms with Crippen LogP contribution in [0.4, 0.5) is 0 Å². The number of nitrogens with two attached hydrogens (primary N) is 1. The van der Waals surface area contributed by atoms with Crippen LogP contribution in [0.5, 0.6) is 0 Å². The Labute approximate surface area is 115 Å². The Hall–Kier alpha value is -0.950. The standard InChI is InChI=1S/C11H14N4OS.ClH/c12-5-11-13-10(14-16-11)7-15-3-1-9-8(6-15)2-4-17-9;/h2,4H,1,3,5-7,12H2;1H. The quantitative estimate of drug-likeness (QED) is 0.928. The Bertz CT molecular complexity index is 513. The van der Waals surface area contributed by atoms with Crippen LogP contribution in [0.3, 0.4) is 0 Å². The van der Waals surface area contributed by atoms with Crippen LogP contribution in [-0.4, -0.2) is 21.6 Å². The Kier molecular flexibility index (Phi) is 4.34. The summed E-state index contributed by atoms with van der Waals surface area (Å²) in [4.78, 5) is 8.07. The van der Waals surface area contributed by atoms with Gasteiger partial charge >= 0.3 is 0 Å². The van der Waals surface area contributed by atoms with E-state index in [-0.39, 0.29) is 12.4 Å². The number of aromatic nitrogens is 2. The molecule has 0 aromatic carbocycles. The van der Waals surface area contributed by atoms with Crippen LogP contribution in [0.25, 0.3) is 0 Å². The first-order valence-corrected chi connectivity index (χ1v) is 6.52. The lowest BCUT2D eigenvalue weighted by atomic mass is 10.1. The normalized spacial score (nSPS) is 15.2. The van der Waals surface area contributed by atoms with E-state index in [2.05, 4.69) is 26.5 Å². The molecule has 1 aliphatic rings. The highest BCUT2D eigenvalue weighted by Gasteiger charge is 2.18. The summed E-state index contributed by atoms with van der Waals surface area (Å²) in [5.74, 6) is 1.23. The minimum Gasteiger partial charge on any atom is -0.338 e. The van der Waals surface area contributed by atoms with Crippen molar-refractivity contribution in [1.29, 1.82) is 0 Å². The van der Waals surface area contributed by atoms with E-state index in [9.17, 15) is 0 Å². The minimum absolute atomic E-state index is 0. The summed E-state index contributed by atoms with van der Waals surface area (Å²) in [6.45, 7) is 3.08. The van der Waals surface area contributed by atoms with Crippen LogP contribution in [0, 0.1) is 0 Å². The van der Waals surface area contributed by atoms with Crippen molar-refractivity contribution in [3.8, 4) is 0 Å². The fourth-order valence-electron chi connectivity index (χ4n) is 2.08. The molecule has 1 aliphatic heterocycles. The Morgan fingerprint density at radius 3 is 3.17 bits per heavy atom. The molecule has 2 aromatic heterocycles. The Balaban J connectivity index is 0.00000120. The van der Waals surface area contributed by atoms with Crippen molar-refractivity contribution in [2.75, 3.05) is 6.54 Å². The molecule has 7 heteroatoms. The highest BCUT2D eigenvalue weighted by molar-refractivity contribution is 7.10. The Morgan fingerprint density at radius 1 is 1.50 bits per heavy atom. The van der Waals surface area contributed by atoms with Crippen LogP contribution >= 0.6 is 23.7 Å². The topological polar surface area (TPSA) is 68.2 Å². The van der Waals surface area contributed by atoms with Gasteiger partial charge in [-0.3, -0.25) is 4.90 Å². The van der Waals surface area contributed by atoms with E-state index in [1.54, 1.807) is 0 Å². The second-order valence-corrected chi connectivity index (χ2v) is 5.14. The number of hydrogen-bond acceptors (Lipinski definition) is 6. The van der Waals surface area contributed by atoms with Gasteiger partial charge in [0.1, 0.15) is 0 Å². The summed E-state index contributed by atoms with van der Waals surface area (Å²) in [5.41, 5.74) is 6.87. The van der Waals surface area contributed by atoms with Gasteiger partial charge in [0.25, 0.3) is 0 Å². The zero-order valence-corrected chi connectivity index (χ0v) is 11.5. The third kappa shape index (κ3) is 2.72. The van der Waals surface area contributed by atoms with E-state index in [0.29, 0.717) is 12.4 Å². The number of thiophene rings is 1. The van der Waals surface area contributed by atoms with Gasteiger partial charge in [-0.15, -0.1) is 23.7 Å². The minimum atomic E-state index is 0. The zero-order chi connectivity index (χ0) is 11.7. The number of fused-ring (bicyclic) bond motifs is 1. The smallest absolute Gasteiger partial charge is 0.240 e. The molecule has 98 valence electrons. The van der Waals surface area contributed by atoms with Crippen LogP contribution < -0.4 is 5.73 Å². The molecule has 0 amide bonds. The highest BCUT2D eigenvalue weighted by atomic mass is 35.5. The lowest BCUT2D eigenvalue weighted by Gasteiger charge is -2.25. The number of nitrogens with zero attached hydrogens (tertiary/aromatic N) is 3. The van der Waals surface area contributed by atoms with E-state index < -0.39 is 0 Å². The highest BCUT2D eigenvalue weighted by Crippen LogP contribution is 2.24. The molecule has 0 bridgehead atoms. The first-order chi connectivity index (χ1) is 8.35. The van der Waals surface area contributed by atoms with Gasteiger partial charge in [0.15, 0.2) is 5.82 Å². The fourth-order valence-corrected chi connectivity index (χ4v) is 2.97. The van der Waals surface area contributed by atoms with Crippen molar-refractivity contribution in [3.05, 3.63) is 33.6 Å². The molecular formula is C11H15ClN4OS. The van der Waals surface area contributed by atoms with Crippen molar-refractivity contribution in [3.63, 3.8) is 0 Å². The van der Waals surface area contributed by atoms with Crippen LogP contribution in [0.2, 0.25) is 0 Å². The SMILES string of the molecule is Cl.NCc1nc(CN2CCc3sccc3C2)no1. The van der Waals surface area contributed by atoms with Gasteiger partial charge < -0.3 is 10.3 Å². The van der Waals surface area contributed by atoms with Gasteiger partial charge in [0, 0.05) is 18.0 Å². The largest absolute Gasteiger partial charge is 0.338 e. The third-order valence-corrected chi connectivity index (χ3v) is 3.96. The first kappa shape index (κ1) is 13.5. The average Bonchev–Trinajstić information content (AvgIpc) is 2.96. The van der Waals surface area contributed by atoms with Crippen LogP contribution in [0.15, 0.2) is 16.0 Å². The molecule has 0 aliphatic carbocycles. The maximum absolute atomic E-state index is 5.44. The molecule has 18 heavy (non-hydrogen) atoms. The maximum atomic E-state index is 5.44. The predicted molar refractivity (Wildman–Crippen MR) is 71.6 cm³/mol. The molecule has 2 N–H and O–H groups in total. The van der Waals surface area contributed by atoms with Gasteiger partial charge in [-0.2, -0.15) is 4.98 Å². The molecule has 0 saturated heterocycles. The second-order valence-electron chi connectivity index (χ2n) is 4.14. The van der Waals surface area contributed by atoms with Crippen molar-refractivity contribution in [1.82, 2.24) is 15.0 Å². The number of hydrogen-bond donors (Lipinski definition) is 1. The molecule has 0 saturated carbocycles.